The Bertz CT molecular complexity index is 897. The Kier molecular flexibility index (Phi) is 7.22. The Morgan fingerprint density at radius 3 is 2.59 bits per heavy atom. The summed E-state index contributed by atoms with van der Waals surface area (Å²) >= 11 is 7.25. The highest BCUT2D eigenvalue weighted by Crippen LogP contribution is 2.29. The van der Waals surface area contributed by atoms with Crippen LogP contribution in [0.4, 0.5) is 0 Å². The van der Waals surface area contributed by atoms with E-state index in [1.165, 1.54) is 7.11 Å². The van der Waals surface area contributed by atoms with Gasteiger partial charge in [0.1, 0.15) is 11.1 Å². The molecule has 1 amide bonds. The average molecular weight is 404 g/mol. The van der Waals surface area contributed by atoms with Crippen LogP contribution in [0, 0.1) is 25.2 Å². The number of halogens is 1. The van der Waals surface area contributed by atoms with Crippen molar-refractivity contribution in [1.82, 2.24) is 10.3 Å². The standard InChI is InChI=1S/C19H18ClN3O3S/c1-11-14(9-21)18(22-12(2)16(11)20)27-10-15(24)23-17(19(25)26-3)13-7-5-4-6-8-13/h4-8,17H,10H2,1-3H3,(H,23,24)/t17-/m0/s1. The molecule has 0 aliphatic heterocycles. The van der Waals surface area contributed by atoms with Crippen molar-refractivity contribution in [2.24, 2.45) is 0 Å². The van der Waals surface area contributed by atoms with Gasteiger partial charge in [0.05, 0.1) is 29.1 Å². The number of carbonyl (C=O) groups excluding carboxylic acids is 2. The average Bonchev–Trinajstić information content (AvgIpc) is 2.68. The fraction of sp³-hybridized carbons (Fsp3) is 0.263. The topological polar surface area (TPSA) is 92.1 Å². The zero-order valence-electron chi connectivity index (χ0n) is 15.1. The number of aromatic nitrogens is 1. The highest BCUT2D eigenvalue weighted by atomic mass is 35.5. The largest absolute Gasteiger partial charge is 0.467 e. The minimum atomic E-state index is -0.901. The minimum Gasteiger partial charge on any atom is -0.467 e. The van der Waals surface area contributed by atoms with Gasteiger partial charge in [-0.1, -0.05) is 53.7 Å². The number of benzene rings is 1. The summed E-state index contributed by atoms with van der Waals surface area (Å²) in [7, 11) is 1.27. The summed E-state index contributed by atoms with van der Waals surface area (Å²) in [5.41, 5.74) is 2.19. The monoisotopic (exact) mass is 403 g/mol. The lowest BCUT2D eigenvalue weighted by Gasteiger charge is -2.17. The first kappa shape index (κ1) is 20.7. The summed E-state index contributed by atoms with van der Waals surface area (Å²) in [5.74, 6) is -0.952. The second kappa shape index (κ2) is 9.40. The summed E-state index contributed by atoms with van der Waals surface area (Å²) in [4.78, 5) is 28.7. The second-order valence-electron chi connectivity index (χ2n) is 5.65. The van der Waals surface area contributed by atoms with Gasteiger partial charge in [0, 0.05) is 0 Å². The zero-order chi connectivity index (χ0) is 20.0. The molecule has 2 rings (SSSR count). The van der Waals surface area contributed by atoms with Crippen molar-refractivity contribution in [3.05, 3.63) is 57.7 Å². The van der Waals surface area contributed by atoms with Gasteiger partial charge in [0.25, 0.3) is 0 Å². The van der Waals surface area contributed by atoms with Crippen molar-refractivity contribution in [2.75, 3.05) is 12.9 Å². The lowest BCUT2D eigenvalue weighted by Crippen LogP contribution is -2.35. The lowest BCUT2D eigenvalue weighted by atomic mass is 10.1. The number of rotatable bonds is 6. The normalized spacial score (nSPS) is 11.4. The number of nitrogens with zero attached hydrogens (tertiary/aromatic N) is 2. The molecular formula is C19H18ClN3O3S. The third-order valence-electron chi connectivity index (χ3n) is 3.83. The van der Waals surface area contributed by atoms with Gasteiger partial charge < -0.3 is 10.1 Å². The quantitative estimate of drug-likeness (QED) is 0.587. The third-order valence-corrected chi connectivity index (χ3v) is 5.36. The van der Waals surface area contributed by atoms with Gasteiger partial charge in [-0.2, -0.15) is 5.26 Å². The summed E-state index contributed by atoms with van der Waals surface area (Å²) < 4.78 is 4.78. The number of aryl methyl sites for hydroxylation is 1. The summed E-state index contributed by atoms with van der Waals surface area (Å²) in [6, 6.07) is 10.00. The molecular weight excluding hydrogens is 386 g/mol. The van der Waals surface area contributed by atoms with E-state index >= 15 is 0 Å². The number of hydrogen-bond donors (Lipinski definition) is 1. The molecule has 0 aliphatic rings. The number of carbonyl (C=O) groups is 2. The van der Waals surface area contributed by atoms with E-state index in [4.69, 9.17) is 16.3 Å². The number of amides is 1. The molecule has 1 aromatic carbocycles. The maximum Gasteiger partial charge on any atom is 0.333 e. The molecule has 8 heteroatoms. The molecule has 0 bridgehead atoms. The molecule has 0 unspecified atom stereocenters. The number of methoxy groups -OCH3 is 1. The Hall–Kier alpha value is -2.56. The minimum absolute atomic E-state index is 0.0114. The summed E-state index contributed by atoms with van der Waals surface area (Å²) in [5, 5.41) is 12.9. The van der Waals surface area contributed by atoms with Gasteiger partial charge in [-0.3, -0.25) is 4.79 Å². The maximum atomic E-state index is 12.4. The van der Waals surface area contributed by atoms with Crippen molar-refractivity contribution in [3.63, 3.8) is 0 Å². The van der Waals surface area contributed by atoms with Crippen LogP contribution in [-0.2, 0) is 14.3 Å². The van der Waals surface area contributed by atoms with E-state index in [9.17, 15) is 14.9 Å². The summed E-state index contributed by atoms with van der Waals surface area (Å²) in [6.45, 7) is 3.48. The molecule has 27 heavy (non-hydrogen) atoms. The maximum absolute atomic E-state index is 12.4. The highest BCUT2D eigenvalue weighted by Gasteiger charge is 2.24. The van der Waals surface area contributed by atoms with Gasteiger partial charge >= 0.3 is 5.97 Å². The molecule has 0 saturated carbocycles. The van der Waals surface area contributed by atoms with Crippen LogP contribution >= 0.6 is 23.4 Å². The summed E-state index contributed by atoms with van der Waals surface area (Å²) in [6.07, 6.45) is 0. The molecule has 0 fully saturated rings. The molecule has 140 valence electrons. The molecule has 2 aromatic rings. The number of hydrogen-bond acceptors (Lipinski definition) is 6. The molecule has 1 atom stereocenters. The first-order valence-electron chi connectivity index (χ1n) is 8.00. The van der Waals surface area contributed by atoms with Crippen molar-refractivity contribution in [1.29, 1.82) is 5.26 Å². The first-order chi connectivity index (χ1) is 12.9. The second-order valence-corrected chi connectivity index (χ2v) is 6.99. The van der Waals surface area contributed by atoms with Gasteiger partial charge in [-0.25, -0.2) is 9.78 Å². The van der Waals surface area contributed by atoms with Crippen LogP contribution < -0.4 is 5.32 Å². The van der Waals surface area contributed by atoms with Crippen LogP contribution in [0.25, 0.3) is 0 Å². The molecule has 1 aromatic heterocycles. The smallest absolute Gasteiger partial charge is 0.333 e. The Labute approximate surface area is 166 Å². The molecule has 0 radical (unpaired) electrons. The molecule has 6 nitrogen and oxygen atoms in total. The van der Waals surface area contributed by atoms with E-state index in [0.717, 1.165) is 11.8 Å². The van der Waals surface area contributed by atoms with Gasteiger partial charge in [-0.05, 0) is 25.0 Å². The van der Waals surface area contributed by atoms with Crippen molar-refractivity contribution in [2.45, 2.75) is 24.9 Å². The van der Waals surface area contributed by atoms with E-state index in [0.29, 0.717) is 32.4 Å². The Morgan fingerprint density at radius 2 is 2.00 bits per heavy atom. The number of nitrogens with one attached hydrogen (secondary N) is 1. The van der Waals surface area contributed by atoms with Crippen molar-refractivity contribution >= 4 is 35.2 Å². The molecule has 0 aliphatic carbocycles. The van der Waals surface area contributed by atoms with Crippen molar-refractivity contribution in [3.8, 4) is 6.07 Å². The Morgan fingerprint density at radius 1 is 1.33 bits per heavy atom. The van der Waals surface area contributed by atoms with Crippen molar-refractivity contribution < 1.29 is 14.3 Å². The fourth-order valence-corrected chi connectivity index (χ4v) is 3.45. The number of ether oxygens (including phenoxy) is 1. The number of esters is 1. The molecule has 1 heterocycles. The van der Waals surface area contributed by atoms with Gasteiger partial charge in [0.15, 0.2) is 6.04 Å². The van der Waals surface area contributed by atoms with E-state index in [-0.39, 0.29) is 11.7 Å². The van der Waals surface area contributed by atoms with E-state index in [2.05, 4.69) is 16.4 Å². The van der Waals surface area contributed by atoms with Crippen LogP contribution in [0.3, 0.4) is 0 Å². The van der Waals surface area contributed by atoms with Crippen LogP contribution in [-0.4, -0.2) is 29.7 Å². The van der Waals surface area contributed by atoms with Gasteiger partial charge in [0.2, 0.25) is 5.91 Å². The van der Waals surface area contributed by atoms with E-state index < -0.39 is 12.0 Å². The number of pyridine rings is 1. The molecule has 0 spiro atoms. The van der Waals surface area contributed by atoms with Crippen LogP contribution in [0.2, 0.25) is 5.02 Å². The van der Waals surface area contributed by atoms with E-state index in [1.54, 1.807) is 38.1 Å². The lowest BCUT2D eigenvalue weighted by molar-refractivity contribution is -0.145. The van der Waals surface area contributed by atoms with Crippen LogP contribution in [0.1, 0.15) is 28.4 Å². The molecule has 0 saturated heterocycles. The van der Waals surface area contributed by atoms with Gasteiger partial charge in [-0.15, -0.1) is 0 Å². The predicted octanol–water partition coefficient (Wildman–Crippen LogP) is 3.35. The first-order valence-corrected chi connectivity index (χ1v) is 9.37. The SMILES string of the molecule is COC(=O)[C@@H](NC(=O)CSc1nc(C)c(Cl)c(C)c1C#N)c1ccccc1. The van der Waals surface area contributed by atoms with Crippen LogP contribution in [0.15, 0.2) is 35.4 Å². The fourth-order valence-electron chi connectivity index (χ4n) is 2.41. The predicted molar refractivity (Wildman–Crippen MR) is 104 cm³/mol. The van der Waals surface area contributed by atoms with Crippen LogP contribution in [0.5, 0.6) is 0 Å². The number of thioether (sulfide) groups is 1. The molecule has 1 N–H and O–H groups in total. The number of nitriles is 1. The third kappa shape index (κ3) is 5.00. The zero-order valence-corrected chi connectivity index (χ0v) is 16.6. The van der Waals surface area contributed by atoms with E-state index in [1.807, 2.05) is 6.07 Å². The highest BCUT2D eigenvalue weighted by molar-refractivity contribution is 8.00. The Balaban J connectivity index is 2.14.